The molecule has 0 saturated heterocycles. The number of benzene rings is 3. The lowest BCUT2D eigenvalue weighted by Crippen LogP contribution is -2.29. The number of hydrogen-bond donors (Lipinski definition) is 1. The van der Waals surface area contributed by atoms with Crippen molar-refractivity contribution >= 4 is 5.97 Å². The summed E-state index contributed by atoms with van der Waals surface area (Å²) in [7, 11) is 1.34. The van der Waals surface area contributed by atoms with Crippen LogP contribution in [0.5, 0.6) is 11.5 Å². The van der Waals surface area contributed by atoms with Crippen molar-refractivity contribution in [2.45, 2.75) is 46.0 Å². The predicted octanol–water partition coefficient (Wildman–Crippen LogP) is 5.62. The predicted molar refractivity (Wildman–Crippen MR) is 179 cm³/mol. The van der Waals surface area contributed by atoms with E-state index >= 15 is 0 Å². The van der Waals surface area contributed by atoms with Gasteiger partial charge in [0, 0.05) is 23.1 Å². The molecule has 0 amide bonds. The van der Waals surface area contributed by atoms with Crippen LogP contribution in [0.15, 0.2) is 90.0 Å². The minimum Gasteiger partial charge on any atom is -0.469 e. The van der Waals surface area contributed by atoms with Crippen LogP contribution in [0, 0.1) is 6.92 Å². The van der Waals surface area contributed by atoms with E-state index in [1.165, 1.54) is 24.1 Å². The second kappa shape index (κ2) is 14.6. The molecule has 6 aromatic rings. The number of hydrogen-bond acceptors (Lipinski definition) is 10. The average Bonchev–Trinajstić information content (AvgIpc) is 3.66. The number of ether oxygens (including phenoxy) is 2. The molecule has 242 valence electrons. The van der Waals surface area contributed by atoms with Gasteiger partial charge in [0.15, 0.2) is 11.6 Å². The van der Waals surface area contributed by atoms with E-state index in [4.69, 9.17) is 14.5 Å². The molecule has 0 aliphatic heterocycles. The highest BCUT2D eigenvalue weighted by Crippen LogP contribution is 2.30. The summed E-state index contributed by atoms with van der Waals surface area (Å²) >= 11 is 0. The summed E-state index contributed by atoms with van der Waals surface area (Å²) in [5, 5.41) is 14.3. The molecule has 0 atom stereocenters. The average molecular weight is 643 g/mol. The quantitative estimate of drug-likeness (QED) is 0.167. The van der Waals surface area contributed by atoms with Crippen molar-refractivity contribution in [3.8, 4) is 40.0 Å². The molecule has 0 unspecified atom stereocenters. The van der Waals surface area contributed by atoms with E-state index in [-0.39, 0.29) is 23.9 Å². The Morgan fingerprint density at radius 3 is 2.38 bits per heavy atom. The Morgan fingerprint density at radius 1 is 0.938 bits per heavy atom. The summed E-state index contributed by atoms with van der Waals surface area (Å²) in [6.07, 6.45) is 6.05. The Balaban J connectivity index is 1.28. The molecule has 0 aliphatic rings. The van der Waals surface area contributed by atoms with Gasteiger partial charge in [-0.05, 0) is 52.9 Å². The van der Waals surface area contributed by atoms with E-state index in [1.54, 1.807) is 19.1 Å². The van der Waals surface area contributed by atoms with Gasteiger partial charge in [-0.1, -0.05) is 80.1 Å². The van der Waals surface area contributed by atoms with Crippen molar-refractivity contribution in [1.29, 1.82) is 0 Å². The van der Waals surface area contributed by atoms with Crippen LogP contribution in [0.3, 0.4) is 0 Å². The number of nitrogens with zero attached hydrogens (tertiary/aromatic N) is 7. The van der Waals surface area contributed by atoms with Crippen LogP contribution in [-0.2, 0) is 28.8 Å². The van der Waals surface area contributed by atoms with E-state index in [0.29, 0.717) is 47.1 Å². The first-order chi connectivity index (χ1) is 23.4. The van der Waals surface area contributed by atoms with E-state index in [0.717, 1.165) is 40.8 Å². The van der Waals surface area contributed by atoms with E-state index in [1.807, 2.05) is 60.7 Å². The monoisotopic (exact) mass is 642 g/mol. The third kappa shape index (κ3) is 7.02. The summed E-state index contributed by atoms with van der Waals surface area (Å²) in [6, 6.07) is 23.2. The minimum atomic E-state index is -0.375. The zero-order valence-electron chi connectivity index (χ0n) is 26.9. The zero-order valence-corrected chi connectivity index (χ0v) is 26.9. The number of H-pyrrole nitrogens is 1. The molecule has 48 heavy (non-hydrogen) atoms. The van der Waals surface area contributed by atoms with Crippen molar-refractivity contribution in [2.75, 3.05) is 7.11 Å². The normalized spacial score (nSPS) is 11.0. The van der Waals surface area contributed by atoms with Gasteiger partial charge < -0.3 is 9.47 Å². The topological polar surface area (TPSA) is 151 Å². The Labute approximate surface area is 276 Å². The van der Waals surface area contributed by atoms with Crippen LogP contribution < -0.4 is 10.3 Å². The molecule has 0 saturated carbocycles. The molecule has 12 nitrogen and oxygen atoms in total. The van der Waals surface area contributed by atoms with Crippen LogP contribution in [-0.4, -0.2) is 53.2 Å². The van der Waals surface area contributed by atoms with Crippen LogP contribution in [0.2, 0.25) is 0 Å². The van der Waals surface area contributed by atoms with Crippen molar-refractivity contribution < 1.29 is 14.3 Å². The molecule has 0 spiro atoms. The number of aromatic nitrogens is 8. The van der Waals surface area contributed by atoms with Crippen LogP contribution in [0.4, 0.5) is 0 Å². The molecule has 1 N–H and O–H groups in total. The largest absolute Gasteiger partial charge is 0.469 e. The number of carbonyl (C=O) groups is 1. The third-order valence-electron chi connectivity index (χ3n) is 7.95. The van der Waals surface area contributed by atoms with Crippen LogP contribution in [0.25, 0.3) is 28.5 Å². The number of para-hydroxylation sites is 1. The molecule has 12 heteroatoms. The van der Waals surface area contributed by atoms with E-state index < -0.39 is 0 Å². The number of carbonyl (C=O) groups excluding carboxylic acids is 1. The fraction of sp³-hybridized carbons (Fsp3) is 0.222. The molecule has 0 aliphatic carbocycles. The second-order valence-corrected chi connectivity index (χ2v) is 11.2. The lowest BCUT2D eigenvalue weighted by atomic mass is 9.96. The van der Waals surface area contributed by atoms with Crippen LogP contribution >= 0.6 is 0 Å². The fourth-order valence-corrected chi connectivity index (χ4v) is 5.48. The summed E-state index contributed by atoms with van der Waals surface area (Å²) in [4.78, 5) is 39.8. The number of esters is 1. The molecule has 0 radical (unpaired) electrons. The number of rotatable bonds is 12. The number of nitrogens with one attached hydrogen (secondary N) is 1. The lowest BCUT2D eigenvalue weighted by molar-refractivity contribution is -0.139. The highest BCUT2D eigenvalue weighted by Gasteiger charge is 2.19. The van der Waals surface area contributed by atoms with Gasteiger partial charge in [-0.3, -0.25) is 9.59 Å². The Hall–Kier alpha value is -6.04. The van der Waals surface area contributed by atoms with Crippen molar-refractivity contribution in [3.63, 3.8) is 0 Å². The van der Waals surface area contributed by atoms with Gasteiger partial charge in [0.25, 0.3) is 5.56 Å². The van der Waals surface area contributed by atoms with Gasteiger partial charge in [0.2, 0.25) is 5.95 Å². The number of aryl methyl sites for hydroxylation is 2. The van der Waals surface area contributed by atoms with Gasteiger partial charge in [0.1, 0.15) is 11.6 Å². The summed E-state index contributed by atoms with van der Waals surface area (Å²) < 4.78 is 12.2. The van der Waals surface area contributed by atoms with Gasteiger partial charge in [-0.15, -0.1) is 5.10 Å². The molecular weight excluding hydrogens is 608 g/mol. The second-order valence-electron chi connectivity index (χ2n) is 11.2. The standard InChI is InChI=1S/C36H34N8O4/c1-4-5-13-31-30(19-24-15-17-25(18-16-24)28-11-7-8-12-29(28)34-40-42-43-41-34)35(46)44(23(2)39-31)36-37-21-27(22-38-36)48-32-14-9-6-10-26(32)20-33(45)47-3/h6-12,14-18,21-22H,4-5,13,19-20H2,1-3H3,(H,40,41,42,43). The number of unbranched alkanes of at least 4 members (excludes halogenated alkanes) is 1. The Morgan fingerprint density at radius 2 is 1.67 bits per heavy atom. The maximum atomic E-state index is 14.1. The molecule has 3 aromatic heterocycles. The minimum absolute atomic E-state index is 0.0649. The Bertz CT molecular complexity index is 2080. The number of tetrazole rings is 1. The van der Waals surface area contributed by atoms with Gasteiger partial charge in [-0.2, -0.15) is 0 Å². The van der Waals surface area contributed by atoms with Crippen LogP contribution in [0.1, 0.15) is 48.0 Å². The summed E-state index contributed by atoms with van der Waals surface area (Å²) in [5.41, 5.74) is 5.70. The fourth-order valence-electron chi connectivity index (χ4n) is 5.48. The smallest absolute Gasteiger partial charge is 0.310 e. The molecule has 0 bridgehead atoms. The molecule has 3 aromatic carbocycles. The highest BCUT2D eigenvalue weighted by molar-refractivity contribution is 5.80. The SMILES string of the molecule is CCCCc1nc(C)n(-c2ncc(Oc3ccccc3CC(=O)OC)cn2)c(=O)c1Cc1ccc(-c2ccccc2-c2nnn[nH]2)cc1. The van der Waals surface area contributed by atoms with E-state index in [9.17, 15) is 9.59 Å². The van der Waals surface area contributed by atoms with Crippen molar-refractivity contribution in [2.24, 2.45) is 0 Å². The molecular formula is C36H34N8O4. The first kappa shape index (κ1) is 31.9. The van der Waals surface area contributed by atoms with Gasteiger partial charge >= 0.3 is 5.97 Å². The third-order valence-corrected chi connectivity index (χ3v) is 7.95. The molecule has 6 rings (SSSR count). The maximum Gasteiger partial charge on any atom is 0.310 e. The number of methoxy groups -OCH3 is 1. The van der Waals surface area contributed by atoms with Crippen molar-refractivity contribution in [1.82, 2.24) is 40.1 Å². The van der Waals surface area contributed by atoms with Gasteiger partial charge in [0.05, 0.1) is 31.6 Å². The zero-order chi connectivity index (χ0) is 33.5. The first-order valence-corrected chi connectivity index (χ1v) is 15.6. The highest BCUT2D eigenvalue weighted by atomic mass is 16.5. The number of aromatic amines is 1. The van der Waals surface area contributed by atoms with E-state index in [2.05, 4.69) is 37.5 Å². The summed E-state index contributed by atoms with van der Waals surface area (Å²) in [5.74, 6) is 1.75. The van der Waals surface area contributed by atoms with Gasteiger partial charge in [-0.25, -0.2) is 24.6 Å². The molecule has 0 fully saturated rings. The Kier molecular flexibility index (Phi) is 9.70. The lowest BCUT2D eigenvalue weighted by Gasteiger charge is -2.15. The summed E-state index contributed by atoms with van der Waals surface area (Å²) in [6.45, 7) is 3.90. The maximum absolute atomic E-state index is 14.1. The molecule has 3 heterocycles. The van der Waals surface area contributed by atoms with Crippen molar-refractivity contribution in [3.05, 3.63) is 124 Å². The first-order valence-electron chi connectivity index (χ1n) is 15.6.